The fourth-order valence-electron chi connectivity index (χ4n) is 3.29. The predicted molar refractivity (Wildman–Crippen MR) is 92.1 cm³/mol. The van der Waals surface area contributed by atoms with E-state index in [0.717, 1.165) is 25.7 Å². The minimum absolute atomic E-state index is 0. The summed E-state index contributed by atoms with van der Waals surface area (Å²) in [5, 5.41) is 3.04. The molecule has 7 heteroatoms. The molecule has 3 N–H and O–H groups in total. The third-order valence-electron chi connectivity index (χ3n) is 4.46. The molecule has 136 valence electrons. The molecule has 1 aromatic rings. The van der Waals surface area contributed by atoms with Crippen LogP contribution < -0.4 is 15.8 Å². The minimum Gasteiger partial charge on any atom is -0.434 e. The van der Waals surface area contributed by atoms with Crippen LogP contribution in [-0.4, -0.2) is 25.1 Å². The quantitative estimate of drug-likeness (QED) is 0.841. The molecule has 0 bridgehead atoms. The van der Waals surface area contributed by atoms with Gasteiger partial charge in [0, 0.05) is 11.6 Å². The van der Waals surface area contributed by atoms with E-state index < -0.39 is 6.61 Å². The minimum atomic E-state index is -2.88. The maximum absolute atomic E-state index is 12.5. The van der Waals surface area contributed by atoms with E-state index >= 15 is 0 Å². The molecule has 0 aliphatic heterocycles. The molecule has 24 heavy (non-hydrogen) atoms. The monoisotopic (exact) mass is 362 g/mol. The van der Waals surface area contributed by atoms with Crippen molar-refractivity contribution < 1.29 is 18.3 Å². The zero-order chi connectivity index (χ0) is 17.0. The van der Waals surface area contributed by atoms with Crippen molar-refractivity contribution >= 4 is 18.3 Å². The number of carbonyl (C=O) groups excluding carboxylic acids is 1. The summed E-state index contributed by atoms with van der Waals surface area (Å²) in [4.78, 5) is 12.5. The van der Waals surface area contributed by atoms with Crippen molar-refractivity contribution in [3.05, 3.63) is 28.8 Å². The first-order valence-electron chi connectivity index (χ1n) is 7.99. The van der Waals surface area contributed by atoms with Gasteiger partial charge in [0.2, 0.25) is 0 Å². The maximum atomic E-state index is 12.5. The highest BCUT2D eigenvalue weighted by atomic mass is 35.5. The number of nitrogens with two attached hydrogens (primary N) is 1. The van der Waals surface area contributed by atoms with E-state index in [2.05, 4.69) is 10.1 Å². The van der Waals surface area contributed by atoms with Crippen LogP contribution in [-0.2, 0) is 0 Å². The Morgan fingerprint density at radius 1 is 1.29 bits per heavy atom. The average molecular weight is 363 g/mol. The molecule has 1 saturated carbocycles. The van der Waals surface area contributed by atoms with Gasteiger partial charge in [0.1, 0.15) is 5.75 Å². The highest BCUT2D eigenvalue weighted by Gasteiger charge is 2.26. The number of ether oxygens (including phenoxy) is 1. The molecular weight excluding hydrogens is 338 g/mol. The van der Waals surface area contributed by atoms with Crippen LogP contribution in [0.1, 0.15) is 47.2 Å². The predicted octanol–water partition coefficient (Wildman–Crippen LogP) is 3.57. The summed E-state index contributed by atoms with van der Waals surface area (Å²) < 4.78 is 29.3. The van der Waals surface area contributed by atoms with Gasteiger partial charge in [-0.05, 0) is 62.4 Å². The van der Waals surface area contributed by atoms with Gasteiger partial charge >= 0.3 is 6.61 Å². The lowest BCUT2D eigenvalue weighted by molar-refractivity contribution is -0.0507. The zero-order valence-electron chi connectivity index (χ0n) is 14.0. The zero-order valence-corrected chi connectivity index (χ0v) is 14.8. The number of alkyl halides is 2. The number of hydrogen-bond donors (Lipinski definition) is 2. The van der Waals surface area contributed by atoms with Gasteiger partial charge in [-0.2, -0.15) is 8.78 Å². The first-order valence-corrected chi connectivity index (χ1v) is 7.99. The van der Waals surface area contributed by atoms with Crippen LogP contribution in [0.3, 0.4) is 0 Å². The van der Waals surface area contributed by atoms with E-state index in [-0.39, 0.29) is 30.1 Å². The molecule has 1 amide bonds. The summed E-state index contributed by atoms with van der Waals surface area (Å²) in [7, 11) is 0. The van der Waals surface area contributed by atoms with E-state index in [1.807, 2.05) is 0 Å². The lowest BCUT2D eigenvalue weighted by Gasteiger charge is -2.31. The molecule has 0 aromatic heterocycles. The van der Waals surface area contributed by atoms with Crippen LogP contribution in [0.25, 0.3) is 0 Å². The standard InChI is InChI=1S/C17H24F2N2O2.ClH/c1-10-7-13(8-11(2)15(10)23-17(18)19)16(22)21-14-6-4-3-5-12(14)9-20;/h7-8,12,14,17H,3-6,9,20H2,1-2H3,(H,21,22);1H. The molecule has 2 rings (SSSR count). The first kappa shape index (κ1) is 20.6. The molecule has 1 fully saturated rings. The van der Waals surface area contributed by atoms with Crippen LogP contribution in [0.5, 0.6) is 5.75 Å². The van der Waals surface area contributed by atoms with Crippen molar-refractivity contribution in [2.75, 3.05) is 6.54 Å². The third-order valence-corrected chi connectivity index (χ3v) is 4.46. The van der Waals surface area contributed by atoms with Crippen molar-refractivity contribution in [2.45, 2.75) is 52.2 Å². The third kappa shape index (κ3) is 5.05. The fraction of sp³-hybridized carbons (Fsp3) is 0.588. The molecule has 1 aliphatic carbocycles. The van der Waals surface area contributed by atoms with Crippen LogP contribution in [0.4, 0.5) is 8.78 Å². The van der Waals surface area contributed by atoms with Crippen molar-refractivity contribution in [3.8, 4) is 5.75 Å². The van der Waals surface area contributed by atoms with Crippen LogP contribution in [0.2, 0.25) is 0 Å². The molecule has 0 spiro atoms. The van der Waals surface area contributed by atoms with E-state index in [4.69, 9.17) is 5.73 Å². The normalized spacial score (nSPS) is 20.4. The largest absolute Gasteiger partial charge is 0.434 e. The smallest absolute Gasteiger partial charge is 0.387 e. The number of halogens is 3. The van der Waals surface area contributed by atoms with Crippen LogP contribution in [0.15, 0.2) is 12.1 Å². The Balaban J connectivity index is 0.00000288. The number of aryl methyl sites for hydroxylation is 2. The number of amides is 1. The summed E-state index contributed by atoms with van der Waals surface area (Å²) in [6.45, 7) is 0.999. The van der Waals surface area contributed by atoms with E-state index in [0.29, 0.717) is 29.2 Å². The number of nitrogens with one attached hydrogen (secondary N) is 1. The number of hydrogen-bond acceptors (Lipinski definition) is 3. The number of rotatable bonds is 5. The second kappa shape index (κ2) is 9.18. The average Bonchev–Trinajstić information content (AvgIpc) is 2.51. The summed E-state index contributed by atoms with van der Waals surface area (Å²) >= 11 is 0. The lowest BCUT2D eigenvalue weighted by atomic mass is 9.84. The van der Waals surface area contributed by atoms with Gasteiger partial charge in [-0.1, -0.05) is 12.8 Å². The molecule has 2 unspecified atom stereocenters. The highest BCUT2D eigenvalue weighted by Crippen LogP contribution is 2.27. The van der Waals surface area contributed by atoms with Gasteiger partial charge < -0.3 is 15.8 Å². The van der Waals surface area contributed by atoms with E-state index in [9.17, 15) is 13.6 Å². The number of carbonyl (C=O) groups is 1. The van der Waals surface area contributed by atoms with Gasteiger partial charge in [-0.3, -0.25) is 4.79 Å². The Labute approximate surface area is 147 Å². The lowest BCUT2D eigenvalue weighted by Crippen LogP contribution is -2.44. The molecule has 1 aromatic carbocycles. The molecule has 4 nitrogen and oxygen atoms in total. The Bertz CT molecular complexity index is 547. The van der Waals surface area contributed by atoms with Crippen molar-refractivity contribution in [1.29, 1.82) is 0 Å². The van der Waals surface area contributed by atoms with Gasteiger partial charge in [-0.25, -0.2) is 0 Å². The second-order valence-corrected chi connectivity index (χ2v) is 6.18. The van der Waals surface area contributed by atoms with Crippen LogP contribution in [0, 0.1) is 19.8 Å². The SMILES string of the molecule is Cc1cc(C(=O)NC2CCCCC2CN)cc(C)c1OC(F)F.Cl. The van der Waals surface area contributed by atoms with Gasteiger partial charge in [0.05, 0.1) is 0 Å². The van der Waals surface area contributed by atoms with Gasteiger partial charge in [-0.15, -0.1) is 12.4 Å². The maximum Gasteiger partial charge on any atom is 0.387 e. The molecular formula is C17H25ClF2N2O2. The van der Waals surface area contributed by atoms with Crippen LogP contribution >= 0.6 is 12.4 Å². The Hall–Kier alpha value is -1.40. The van der Waals surface area contributed by atoms with E-state index in [1.165, 1.54) is 0 Å². The summed E-state index contributed by atoms with van der Waals surface area (Å²) in [6.07, 6.45) is 4.19. The van der Waals surface area contributed by atoms with E-state index in [1.54, 1.807) is 26.0 Å². The topological polar surface area (TPSA) is 64.4 Å². The fourth-order valence-corrected chi connectivity index (χ4v) is 3.29. The Kier molecular flexibility index (Phi) is 7.90. The van der Waals surface area contributed by atoms with Gasteiger partial charge in [0.15, 0.2) is 0 Å². The molecule has 0 heterocycles. The Morgan fingerprint density at radius 3 is 2.42 bits per heavy atom. The molecule has 1 aliphatic rings. The van der Waals surface area contributed by atoms with Crippen molar-refractivity contribution in [1.82, 2.24) is 5.32 Å². The molecule has 0 radical (unpaired) electrons. The highest BCUT2D eigenvalue weighted by molar-refractivity contribution is 5.95. The van der Waals surface area contributed by atoms with Gasteiger partial charge in [0.25, 0.3) is 5.91 Å². The molecule has 2 atom stereocenters. The Morgan fingerprint density at radius 2 is 1.88 bits per heavy atom. The van der Waals surface area contributed by atoms with Crippen molar-refractivity contribution in [2.24, 2.45) is 11.7 Å². The summed E-state index contributed by atoms with van der Waals surface area (Å²) in [6, 6.07) is 3.25. The summed E-state index contributed by atoms with van der Waals surface area (Å²) in [5.41, 5.74) is 7.29. The molecule has 0 saturated heterocycles. The number of benzene rings is 1. The van der Waals surface area contributed by atoms with Crippen molar-refractivity contribution in [3.63, 3.8) is 0 Å². The summed E-state index contributed by atoms with van der Waals surface area (Å²) in [5.74, 6) is 0.246. The first-order chi connectivity index (χ1) is 10.9. The second-order valence-electron chi connectivity index (χ2n) is 6.18.